The average molecular weight is 218 g/mol. The summed E-state index contributed by atoms with van der Waals surface area (Å²) >= 11 is 0. The van der Waals surface area contributed by atoms with Gasteiger partial charge in [0.05, 0.1) is 18.0 Å². The first-order valence-corrected chi connectivity index (χ1v) is 5.44. The standard InChI is InChI=1S/C13H18N2O/c1-13(2,3)9-6-7-10-11(8-9)15(4)14-12(10)16-5/h6-8H,1-5H3. The van der Waals surface area contributed by atoms with Gasteiger partial charge in [-0.05, 0) is 23.1 Å². The molecule has 0 radical (unpaired) electrons. The van der Waals surface area contributed by atoms with Crippen LogP contribution >= 0.6 is 0 Å². The maximum atomic E-state index is 5.24. The van der Waals surface area contributed by atoms with Gasteiger partial charge >= 0.3 is 0 Å². The lowest BCUT2D eigenvalue weighted by Gasteiger charge is -2.18. The minimum atomic E-state index is 0.158. The monoisotopic (exact) mass is 218 g/mol. The summed E-state index contributed by atoms with van der Waals surface area (Å²) in [5, 5.41) is 5.39. The van der Waals surface area contributed by atoms with Gasteiger partial charge in [-0.3, -0.25) is 4.68 Å². The van der Waals surface area contributed by atoms with Crippen LogP contribution in [0.2, 0.25) is 0 Å². The van der Waals surface area contributed by atoms with E-state index in [0.29, 0.717) is 5.88 Å². The number of nitrogens with zero attached hydrogens (tertiary/aromatic N) is 2. The zero-order valence-electron chi connectivity index (χ0n) is 10.5. The van der Waals surface area contributed by atoms with Crippen molar-refractivity contribution >= 4 is 10.9 Å². The SMILES string of the molecule is COc1nn(C)c2cc(C(C)(C)C)ccc12. The summed E-state index contributed by atoms with van der Waals surface area (Å²) in [6, 6.07) is 6.42. The summed E-state index contributed by atoms with van der Waals surface area (Å²) in [4.78, 5) is 0. The molecular weight excluding hydrogens is 200 g/mol. The summed E-state index contributed by atoms with van der Waals surface area (Å²) in [5.74, 6) is 0.693. The van der Waals surface area contributed by atoms with Crippen molar-refractivity contribution in [1.29, 1.82) is 0 Å². The molecule has 16 heavy (non-hydrogen) atoms. The first-order chi connectivity index (χ1) is 7.43. The summed E-state index contributed by atoms with van der Waals surface area (Å²) in [5.41, 5.74) is 2.58. The van der Waals surface area contributed by atoms with E-state index in [1.807, 2.05) is 11.7 Å². The number of aryl methyl sites for hydroxylation is 1. The Balaban J connectivity index is 2.67. The Kier molecular flexibility index (Phi) is 2.41. The number of hydrogen-bond donors (Lipinski definition) is 0. The number of aromatic nitrogens is 2. The Labute approximate surface area is 96.0 Å². The number of benzene rings is 1. The maximum absolute atomic E-state index is 5.24. The van der Waals surface area contributed by atoms with Crippen LogP contribution in [0.3, 0.4) is 0 Å². The Hall–Kier alpha value is -1.51. The molecule has 1 heterocycles. The first kappa shape index (κ1) is 11.0. The lowest BCUT2D eigenvalue weighted by atomic mass is 9.87. The number of rotatable bonds is 1. The zero-order valence-corrected chi connectivity index (χ0v) is 10.5. The van der Waals surface area contributed by atoms with Crippen molar-refractivity contribution in [2.45, 2.75) is 26.2 Å². The van der Waals surface area contributed by atoms with E-state index in [0.717, 1.165) is 10.9 Å². The van der Waals surface area contributed by atoms with E-state index in [2.05, 4.69) is 44.1 Å². The molecule has 0 aliphatic carbocycles. The normalized spacial score (nSPS) is 12.1. The molecule has 0 N–H and O–H groups in total. The third kappa shape index (κ3) is 1.66. The summed E-state index contributed by atoms with van der Waals surface area (Å²) in [6.07, 6.45) is 0. The molecule has 2 rings (SSSR count). The average Bonchev–Trinajstić information content (AvgIpc) is 2.54. The predicted octanol–water partition coefficient (Wildman–Crippen LogP) is 2.88. The lowest BCUT2D eigenvalue weighted by molar-refractivity contribution is 0.396. The Morgan fingerprint density at radius 1 is 1.25 bits per heavy atom. The summed E-state index contributed by atoms with van der Waals surface area (Å²) < 4.78 is 7.11. The highest BCUT2D eigenvalue weighted by molar-refractivity contribution is 5.85. The van der Waals surface area contributed by atoms with Crippen molar-refractivity contribution in [2.75, 3.05) is 7.11 Å². The van der Waals surface area contributed by atoms with E-state index in [-0.39, 0.29) is 5.41 Å². The molecule has 0 unspecified atom stereocenters. The molecule has 3 nitrogen and oxygen atoms in total. The van der Waals surface area contributed by atoms with Gasteiger partial charge < -0.3 is 4.74 Å². The van der Waals surface area contributed by atoms with Gasteiger partial charge in [0.25, 0.3) is 0 Å². The van der Waals surface area contributed by atoms with Gasteiger partial charge in [-0.15, -0.1) is 5.10 Å². The lowest BCUT2D eigenvalue weighted by Crippen LogP contribution is -2.10. The predicted molar refractivity (Wildman–Crippen MR) is 66.0 cm³/mol. The van der Waals surface area contributed by atoms with Gasteiger partial charge in [-0.25, -0.2) is 0 Å². The van der Waals surface area contributed by atoms with Crippen molar-refractivity contribution in [3.05, 3.63) is 23.8 Å². The van der Waals surface area contributed by atoms with E-state index in [1.165, 1.54) is 5.56 Å². The fraction of sp³-hybridized carbons (Fsp3) is 0.462. The Morgan fingerprint density at radius 3 is 2.50 bits per heavy atom. The van der Waals surface area contributed by atoms with Crippen molar-refractivity contribution in [2.24, 2.45) is 7.05 Å². The smallest absolute Gasteiger partial charge is 0.240 e. The van der Waals surface area contributed by atoms with Gasteiger partial charge in [0.1, 0.15) is 0 Å². The fourth-order valence-electron chi connectivity index (χ4n) is 1.84. The number of fused-ring (bicyclic) bond motifs is 1. The highest BCUT2D eigenvalue weighted by Gasteiger charge is 2.16. The highest BCUT2D eigenvalue weighted by atomic mass is 16.5. The Bertz CT molecular complexity index is 520. The molecular formula is C13H18N2O. The summed E-state index contributed by atoms with van der Waals surface area (Å²) in [7, 11) is 3.59. The van der Waals surface area contributed by atoms with E-state index in [1.54, 1.807) is 7.11 Å². The molecule has 0 aliphatic heterocycles. The number of hydrogen-bond acceptors (Lipinski definition) is 2. The third-order valence-corrected chi connectivity index (χ3v) is 2.88. The minimum absolute atomic E-state index is 0.158. The van der Waals surface area contributed by atoms with Gasteiger partial charge in [0, 0.05) is 7.05 Å². The van der Waals surface area contributed by atoms with Crippen molar-refractivity contribution in [3.8, 4) is 5.88 Å². The van der Waals surface area contributed by atoms with Gasteiger partial charge in [-0.1, -0.05) is 26.8 Å². The van der Waals surface area contributed by atoms with E-state index < -0.39 is 0 Å². The molecule has 3 heteroatoms. The molecule has 0 atom stereocenters. The van der Waals surface area contributed by atoms with Crippen molar-refractivity contribution in [3.63, 3.8) is 0 Å². The van der Waals surface area contributed by atoms with E-state index >= 15 is 0 Å². The zero-order chi connectivity index (χ0) is 11.9. The molecule has 1 aromatic carbocycles. The largest absolute Gasteiger partial charge is 0.479 e. The van der Waals surface area contributed by atoms with Gasteiger partial charge in [0.15, 0.2) is 0 Å². The van der Waals surface area contributed by atoms with E-state index in [4.69, 9.17) is 4.74 Å². The van der Waals surface area contributed by atoms with Crippen LogP contribution in [0.15, 0.2) is 18.2 Å². The first-order valence-electron chi connectivity index (χ1n) is 5.44. The molecule has 86 valence electrons. The highest BCUT2D eigenvalue weighted by Crippen LogP contribution is 2.29. The van der Waals surface area contributed by atoms with Gasteiger partial charge in [-0.2, -0.15) is 0 Å². The van der Waals surface area contributed by atoms with Gasteiger partial charge in [0.2, 0.25) is 5.88 Å². The van der Waals surface area contributed by atoms with Crippen LogP contribution in [0.25, 0.3) is 10.9 Å². The van der Waals surface area contributed by atoms with Crippen LogP contribution in [0.1, 0.15) is 26.3 Å². The topological polar surface area (TPSA) is 27.1 Å². The van der Waals surface area contributed by atoms with Crippen LogP contribution in [0, 0.1) is 0 Å². The summed E-state index contributed by atoms with van der Waals surface area (Å²) in [6.45, 7) is 6.63. The fourth-order valence-corrected chi connectivity index (χ4v) is 1.84. The van der Waals surface area contributed by atoms with Crippen molar-refractivity contribution in [1.82, 2.24) is 9.78 Å². The molecule has 0 aliphatic rings. The second-order valence-corrected chi connectivity index (χ2v) is 5.11. The number of methoxy groups -OCH3 is 1. The number of ether oxygens (including phenoxy) is 1. The van der Waals surface area contributed by atoms with Crippen molar-refractivity contribution < 1.29 is 4.74 Å². The van der Waals surface area contributed by atoms with E-state index in [9.17, 15) is 0 Å². The molecule has 2 aromatic rings. The molecule has 0 saturated carbocycles. The van der Waals surface area contributed by atoms with Crippen LogP contribution in [-0.2, 0) is 12.5 Å². The molecule has 0 spiro atoms. The third-order valence-electron chi connectivity index (χ3n) is 2.88. The molecule has 0 bridgehead atoms. The molecule has 0 amide bonds. The molecule has 1 aromatic heterocycles. The molecule has 0 saturated heterocycles. The van der Waals surface area contributed by atoms with Crippen LogP contribution in [0.5, 0.6) is 5.88 Å². The Morgan fingerprint density at radius 2 is 1.94 bits per heavy atom. The van der Waals surface area contributed by atoms with Crippen LogP contribution in [-0.4, -0.2) is 16.9 Å². The minimum Gasteiger partial charge on any atom is -0.479 e. The molecule has 0 fully saturated rings. The second-order valence-electron chi connectivity index (χ2n) is 5.11. The van der Waals surface area contributed by atoms with Crippen LogP contribution < -0.4 is 4.74 Å². The van der Waals surface area contributed by atoms with Crippen LogP contribution in [0.4, 0.5) is 0 Å². The maximum Gasteiger partial charge on any atom is 0.240 e. The second kappa shape index (κ2) is 3.51. The quantitative estimate of drug-likeness (QED) is 0.736.